The fourth-order valence-corrected chi connectivity index (χ4v) is 14.2. The lowest BCUT2D eigenvalue weighted by Gasteiger charge is -2.64. The molecular formula is C41H70O14. The fourth-order valence-electron chi connectivity index (χ4n) is 14.2. The Hall–Kier alpha value is -0.560. The first-order valence-electron chi connectivity index (χ1n) is 20.9. The van der Waals surface area contributed by atoms with E-state index in [2.05, 4.69) is 34.6 Å². The van der Waals surface area contributed by atoms with Crippen LogP contribution in [-0.4, -0.2) is 150 Å². The van der Waals surface area contributed by atoms with Crippen LogP contribution in [0.1, 0.15) is 106 Å². The van der Waals surface area contributed by atoms with Crippen molar-refractivity contribution in [1.29, 1.82) is 0 Å². The second-order valence-corrected chi connectivity index (χ2v) is 20.7. The molecule has 14 nitrogen and oxygen atoms in total. The summed E-state index contributed by atoms with van der Waals surface area (Å²) in [6.45, 7) is 13.5. The molecular weight excluding hydrogens is 716 g/mol. The standard InChI is InChI=1S/C41H70O14/c1-19(8-9-25(46)37(4,5)51)27-21(44)15-39(7)24-14-20(43)33-36(2,3)26(10-11-41(33)18-40(24,41)13-12-38(27,39)6)54-35-32(28(47)22(45)17-52-35)55-34-31(50)30(49)29(48)23(16-42)53-34/h19-35,42-51H,8-18H2,1-7H3. The number of aliphatic hydroxyl groups is 10. The Morgan fingerprint density at radius 1 is 0.782 bits per heavy atom. The van der Waals surface area contributed by atoms with Gasteiger partial charge in [-0.15, -0.1) is 0 Å². The third-order valence-corrected chi connectivity index (χ3v) is 17.2. The first-order chi connectivity index (χ1) is 25.5. The number of ether oxygens (including phenoxy) is 4. The summed E-state index contributed by atoms with van der Waals surface area (Å²) in [5, 5.41) is 108. The van der Waals surface area contributed by atoms with Gasteiger partial charge in [-0.2, -0.15) is 0 Å². The molecule has 0 amide bonds. The summed E-state index contributed by atoms with van der Waals surface area (Å²) in [5.41, 5.74) is -2.18. The van der Waals surface area contributed by atoms with Crippen molar-refractivity contribution in [1.82, 2.24) is 0 Å². The Bertz CT molecular complexity index is 1390. The maximum atomic E-state index is 12.3. The van der Waals surface area contributed by atoms with Crippen molar-refractivity contribution in [2.24, 2.45) is 50.7 Å². The lowest BCUT2D eigenvalue weighted by molar-refractivity contribution is -0.366. The van der Waals surface area contributed by atoms with Gasteiger partial charge in [0.2, 0.25) is 0 Å². The van der Waals surface area contributed by atoms with Gasteiger partial charge in [0.05, 0.1) is 43.2 Å². The monoisotopic (exact) mass is 786 g/mol. The van der Waals surface area contributed by atoms with E-state index in [9.17, 15) is 51.1 Å². The van der Waals surface area contributed by atoms with Crippen LogP contribution < -0.4 is 0 Å². The second kappa shape index (κ2) is 14.3. The van der Waals surface area contributed by atoms with Crippen LogP contribution in [0.5, 0.6) is 0 Å². The highest BCUT2D eigenvalue weighted by Gasteiger charge is 2.84. The van der Waals surface area contributed by atoms with Crippen LogP contribution in [-0.2, 0) is 18.9 Å². The molecule has 0 radical (unpaired) electrons. The SMILES string of the molecule is CC(CCC(O)C(C)(C)O)C1C(O)CC2(C)C3CC(O)C4C(C)(C)C(OC5OCC(O)C(O)C5OC5OC(CO)C(O)C(O)C5O)CCC45CC35CCC12C. The van der Waals surface area contributed by atoms with Gasteiger partial charge in [0.15, 0.2) is 12.6 Å². The topological polar surface area (TPSA) is 239 Å². The predicted molar refractivity (Wildman–Crippen MR) is 196 cm³/mol. The molecule has 2 saturated heterocycles. The number of hydrogen-bond donors (Lipinski definition) is 10. The van der Waals surface area contributed by atoms with Gasteiger partial charge in [0.25, 0.3) is 0 Å². The Balaban J connectivity index is 1.09. The highest BCUT2D eigenvalue weighted by atomic mass is 16.8. The molecule has 21 unspecified atom stereocenters. The summed E-state index contributed by atoms with van der Waals surface area (Å²) in [6, 6.07) is 0. The Labute approximate surface area is 325 Å². The zero-order chi connectivity index (χ0) is 40.4. The molecule has 10 N–H and O–H groups in total. The zero-order valence-corrected chi connectivity index (χ0v) is 33.7. The fraction of sp³-hybridized carbons (Fsp3) is 1.00. The molecule has 21 atom stereocenters. The predicted octanol–water partition coefficient (Wildman–Crippen LogP) is 0.564. The molecule has 0 aromatic carbocycles. The Kier molecular flexibility index (Phi) is 11.1. The van der Waals surface area contributed by atoms with E-state index in [1.54, 1.807) is 13.8 Å². The molecule has 0 bridgehead atoms. The van der Waals surface area contributed by atoms with Crippen molar-refractivity contribution in [2.45, 2.75) is 192 Å². The first kappa shape index (κ1) is 42.6. The van der Waals surface area contributed by atoms with Gasteiger partial charge in [-0.05, 0) is 122 Å². The number of fused-ring (bicyclic) bond motifs is 2. The average molecular weight is 787 g/mol. The van der Waals surface area contributed by atoms with E-state index in [1.165, 1.54) is 0 Å². The molecule has 7 rings (SSSR count). The third kappa shape index (κ3) is 6.33. The van der Waals surface area contributed by atoms with Crippen molar-refractivity contribution in [3.8, 4) is 0 Å². The quantitative estimate of drug-likeness (QED) is 0.136. The molecule has 14 heteroatoms. The molecule has 2 aliphatic heterocycles. The molecule has 7 fully saturated rings. The highest BCUT2D eigenvalue weighted by Crippen LogP contribution is 2.89. The minimum atomic E-state index is -1.72. The molecule has 0 aromatic rings. The van der Waals surface area contributed by atoms with Gasteiger partial charge in [0.1, 0.15) is 42.7 Å². The summed E-state index contributed by atoms with van der Waals surface area (Å²) < 4.78 is 24.1. The molecule has 2 spiro atoms. The molecule has 55 heavy (non-hydrogen) atoms. The highest BCUT2D eigenvalue weighted by molar-refractivity contribution is 5.32. The van der Waals surface area contributed by atoms with Crippen molar-refractivity contribution in [3.05, 3.63) is 0 Å². The van der Waals surface area contributed by atoms with Crippen LogP contribution in [0.25, 0.3) is 0 Å². The third-order valence-electron chi connectivity index (χ3n) is 17.2. The Morgan fingerprint density at radius 3 is 2.13 bits per heavy atom. The largest absolute Gasteiger partial charge is 0.394 e. The molecule has 5 aliphatic carbocycles. The van der Waals surface area contributed by atoms with Gasteiger partial charge in [0, 0.05) is 0 Å². The van der Waals surface area contributed by atoms with Crippen LogP contribution in [0.15, 0.2) is 0 Å². The van der Waals surface area contributed by atoms with E-state index in [0.29, 0.717) is 32.1 Å². The summed E-state index contributed by atoms with van der Waals surface area (Å²) in [4.78, 5) is 0. The van der Waals surface area contributed by atoms with E-state index in [4.69, 9.17) is 18.9 Å². The minimum absolute atomic E-state index is 0.0265. The van der Waals surface area contributed by atoms with Gasteiger partial charge in [-0.1, -0.05) is 34.6 Å². The summed E-state index contributed by atoms with van der Waals surface area (Å²) >= 11 is 0. The smallest absolute Gasteiger partial charge is 0.187 e. The van der Waals surface area contributed by atoms with Crippen molar-refractivity contribution < 1.29 is 70.0 Å². The molecule has 7 aliphatic rings. The summed E-state index contributed by atoms with van der Waals surface area (Å²) in [5.74, 6) is 0.304. The van der Waals surface area contributed by atoms with Gasteiger partial charge in [-0.3, -0.25) is 0 Å². The number of aliphatic hydroxyl groups excluding tert-OH is 9. The molecule has 0 aromatic heterocycles. The first-order valence-corrected chi connectivity index (χ1v) is 20.9. The van der Waals surface area contributed by atoms with Crippen molar-refractivity contribution in [3.63, 3.8) is 0 Å². The minimum Gasteiger partial charge on any atom is -0.394 e. The average Bonchev–Trinajstić information content (AvgIpc) is 3.70. The molecule has 2 heterocycles. The lowest BCUT2D eigenvalue weighted by atomic mass is 9.41. The zero-order valence-electron chi connectivity index (χ0n) is 33.7. The molecule has 318 valence electrons. The van der Waals surface area contributed by atoms with E-state index >= 15 is 0 Å². The van der Waals surface area contributed by atoms with Crippen molar-refractivity contribution >= 4 is 0 Å². The van der Waals surface area contributed by atoms with E-state index in [-0.39, 0.29) is 51.9 Å². The maximum Gasteiger partial charge on any atom is 0.187 e. The maximum absolute atomic E-state index is 12.3. The van der Waals surface area contributed by atoms with Gasteiger partial charge in [-0.25, -0.2) is 0 Å². The van der Waals surface area contributed by atoms with Crippen LogP contribution in [0.3, 0.4) is 0 Å². The Morgan fingerprint density at radius 2 is 1.47 bits per heavy atom. The summed E-state index contributed by atoms with van der Waals surface area (Å²) in [7, 11) is 0. The van der Waals surface area contributed by atoms with Crippen molar-refractivity contribution in [2.75, 3.05) is 13.2 Å². The molecule has 5 saturated carbocycles. The number of rotatable bonds is 10. The summed E-state index contributed by atoms with van der Waals surface area (Å²) in [6.07, 6.45) is -8.72. The van der Waals surface area contributed by atoms with Gasteiger partial charge >= 0.3 is 0 Å². The van der Waals surface area contributed by atoms with Gasteiger partial charge < -0.3 is 70.0 Å². The van der Waals surface area contributed by atoms with Crippen LogP contribution in [0.2, 0.25) is 0 Å². The normalized spacial score (nSPS) is 54.4. The van der Waals surface area contributed by atoms with E-state index < -0.39 is 97.3 Å². The second-order valence-electron chi connectivity index (χ2n) is 20.7. The van der Waals surface area contributed by atoms with E-state index in [1.807, 2.05) is 0 Å². The lowest BCUT2D eigenvalue weighted by Crippen LogP contribution is -2.64. The van der Waals surface area contributed by atoms with Crippen LogP contribution >= 0.6 is 0 Å². The van der Waals surface area contributed by atoms with E-state index in [0.717, 1.165) is 25.7 Å². The van der Waals surface area contributed by atoms with Crippen LogP contribution in [0, 0.1) is 50.7 Å². The van der Waals surface area contributed by atoms with Crippen LogP contribution in [0.4, 0.5) is 0 Å². The number of hydrogen-bond acceptors (Lipinski definition) is 14.